The van der Waals surface area contributed by atoms with Crippen molar-refractivity contribution < 1.29 is 73.8 Å². The summed E-state index contributed by atoms with van der Waals surface area (Å²) >= 11 is 0. The van der Waals surface area contributed by atoms with Crippen molar-refractivity contribution in [2.75, 3.05) is 26.4 Å². The molecule has 7 N–H and O–H groups in total. The van der Waals surface area contributed by atoms with Crippen LogP contribution in [0, 0.1) is 0 Å². The van der Waals surface area contributed by atoms with Gasteiger partial charge in [0.05, 0.1) is 19.8 Å². The van der Waals surface area contributed by atoms with Crippen molar-refractivity contribution in [2.24, 2.45) is 0 Å². The number of aliphatic hydroxyl groups is 7. The van der Waals surface area contributed by atoms with Gasteiger partial charge in [-0.15, -0.1) is 0 Å². The van der Waals surface area contributed by atoms with E-state index in [0.717, 1.165) is 57.8 Å². The average Bonchev–Trinajstić information content (AvgIpc) is 3.37. The zero-order valence-corrected chi connectivity index (χ0v) is 44.7. The third kappa shape index (κ3) is 30.9. The lowest BCUT2D eigenvalue weighted by atomic mass is 9.98. The predicted octanol–water partition coefficient (Wildman–Crippen LogP) is 9.27. The van der Waals surface area contributed by atoms with Crippen LogP contribution in [0.5, 0.6) is 0 Å². The first-order chi connectivity index (χ1) is 35.0. The lowest BCUT2D eigenvalue weighted by Crippen LogP contribution is -2.61. The molecule has 0 saturated carbocycles. The van der Waals surface area contributed by atoms with E-state index < -0.39 is 99.3 Å². The van der Waals surface area contributed by atoms with Gasteiger partial charge in [0.2, 0.25) is 0 Å². The molecule has 0 spiro atoms. The molecule has 2 aliphatic rings. The summed E-state index contributed by atoms with van der Waals surface area (Å²) in [6, 6.07) is 0. The number of hydrogen-bond donors (Lipinski definition) is 7. The average molecular weight is 1030 g/mol. The van der Waals surface area contributed by atoms with Crippen LogP contribution >= 0.6 is 0 Å². The largest absolute Gasteiger partial charge is 0.462 e. The van der Waals surface area contributed by atoms with Crippen LogP contribution in [0.3, 0.4) is 0 Å². The Balaban J connectivity index is 1.72. The molecule has 11 atom stereocenters. The van der Waals surface area contributed by atoms with Gasteiger partial charge in [0.1, 0.15) is 55.4 Å². The normalized spacial score (nSPS) is 25.2. The molecule has 2 aliphatic heterocycles. The van der Waals surface area contributed by atoms with Gasteiger partial charge in [0.15, 0.2) is 18.7 Å². The topological polar surface area (TPSA) is 231 Å². The minimum atomic E-state index is -1.77. The number of aliphatic hydroxyl groups excluding tert-OH is 7. The van der Waals surface area contributed by atoms with Gasteiger partial charge in [0, 0.05) is 12.8 Å². The number of ether oxygens (including phenoxy) is 6. The molecule has 15 heteroatoms. The maximum absolute atomic E-state index is 13.0. The van der Waals surface area contributed by atoms with E-state index in [1.165, 1.54) is 122 Å². The molecule has 0 aromatic rings. The number of esters is 2. The number of hydrogen-bond acceptors (Lipinski definition) is 15. The van der Waals surface area contributed by atoms with Gasteiger partial charge in [0.25, 0.3) is 0 Å². The summed E-state index contributed by atoms with van der Waals surface area (Å²) < 4.78 is 33.6. The minimum Gasteiger partial charge on any atom is -0.462 e. The highest BCUT2D eigenvalue weighted by Crippen LogP contribution is 2.27. The van der Waals surface area contributed by atoms with Crippen LogP contribution in [0.15, 0.2) is 36.5 Å². The second kappa shape index (κ2) is 43.9. The standard InChI is InChI=1S/C57H102O15/c1-3-5-7-9-11-13-15-17-18-19-20-21-22-23-24-25-26-28-29-31-33-35-37-39-48(59)67-42-45(70-49(60)40-38-36-34-32-30-27-16-14-12-10-8-6-4-2)43-68-56-55(66)53(64)51(62)47(72-56)44-69-57-54(65)52(63)50(61)46(41-58)71-57/h6,8,12,14,27,30,45-47,50-58,61-66H,3-5,7,9-11,13,15-26,28-29,31-44H2,1-2H3/b8-6-,14-12-,30-27-. The molecule has 0 radical (unpaired) electrons. The molecule has 2 rings (SSSR count). The van der Waals surface area contributed by atoms with E-state index >= 15 is 0 Å². The Kier molecular flexibility index (Phi) is 40.1. The molecule has 420 valence electrons. The first-order valence-electron chi connectivity index (χ1n) is 28.6. The fourth-order valence-electron chi connectivity index (χ4n) is 9.00. The Morgan fingerprint density at radius 3 is 1.38 bits per heavy atom. The molecule has 0 amide bonds. The molecule has 2 heterocycles. The highest BCUT2D eigenvalue weighted by molar-refractivity contribution is 5.70. The summed E-state index contributed by atoms with van der Waals surface area (Å²) in [5.41, 5.74) is 0. The summed E-state index contributed by atoms with van der Waals surface area (Å²) in [5.74, 6) is -0.951. The number of carbonyl (C=O) groups excluding carboxylic acids is 2. The number of allylic oxidation sites excluding steroid dienone is 6. The van der Waals surface area contributed by atoms with Crippen LogP contribution in [0.1, 0.15) is 219 Å². The van der Waals surface area contributed by atoms with Crippen molar-refractivity contribution >= 4 is 11.9 Å². The Bertz CT molecular complexity index is 1390. The van der Waals surface area contributed by atoms with Crippen LogP contribution in [0.2, 0.25) is 0 Å². The van der Waals surface area contributed by atoms with Gasteiger partial charge in [-0.05, 0) is 44.9 Å². The third-order valence-electron chi connectivity index (χ3n) is 13.6. The second-order valence-corrected chi connectivity index (χ2v) is 20.1. The summed E-state index contributed by atoms with van der Waals surface area (Å²) in [6.45, 7) is 2.47. The predicted molar refractivity (Wildman–Crippen MR) is 280 cm³/mol. The molecule has 11 unspecified atom stereocenters. The molecule has 2 saturated heterocycles. The Morgan fingerprint density at radius 2 is 0.875 bits per heavy atom. The number of rotatable bonds is 45. The van der Waals surface area contributed by atoms with Crippen molar-refractivity contribution in [3.05, 3.63) is 36.5 Å². The molecule has 2 fully saturated rings. The van der Waals surface area contributed by atoms with Crippen LogP contribution in [-0.4, -0.2) is 142 Å². The molecular formula is C57H102O15. The Hall–Kier alpha value is -2.28. The SMILES string of the molecule is CC/C=C\C/C=C\C/C=C\CCCCCC(=O)OC(COC(=O)CCCCCCCCCCCCCCCCCCCCCCCCC)COC1OC(COC2OC(CO)C(O)C(O)C2O)C(O)C(O)C1O. The molecule has 0 aliphatic carbocycles. The van der Waals surface area contributed by atoms with Crippen molar-refractivity contribution in [3.63, 3.8) is 0 Å². The molecule has 0 aromatic carbocycles. The minimum absolute atomic E-state index is 0.131. The van der Waals surface area contributed by atoms with E-state index in [9.17, 15) is 45.3 Å². The van der Waals surface area contributed by atoms with E-state index in [0.29, 0.717) is 12.8 Å². The first-order valence-corrected chi connectivity index (χ1v) is 28.6. The fourth-order valence-corrected chi connectivity index (χ4v) is 9.00. The van der Waals surface area contributed by atoms with E-state index in [4.69, 9.17) is 28.4 Å². The highest BCUT2D eigenvalue weighted by Gasteiger charge is 2.47. The smallest absolute Gasteiger partial charge is 0.306 e. The Morgan fingerprint density at radius 1 is 0.458 bits per heavy atom. The number of carbonyl (C=O) groups is 2. The third-order valence-corrected chi connectivity index (χ3v) is 13.6. The molecule has 72 heavy (non-hydrogen) atoms. The summed E-state index contributed by atoms with van der Waals surface area (Å²) in [6.07, 6.45) is 31.9. The zero-order valence-electron chi connectivity index (χ0n) is 44.7. The summed E-state index contributed by atoms with van der Waals surface area (Å²) in [5, 5.41) is 72.2. The maximum Gasteiger partial charge on any atom is 0.306 e. The second-order valence-electron chi connectivity index (χ2n) is 20.1. The van der Waals surface area contributed by atoms with E-state index in [1.54, 1.807) is 0 Å². The number of unbranched alkanes of at least 4 members (excludes halogenated alkanes) is 25. The van der Waals surface area contributed by atoms with E-state index in [1.807, 2.05) is 0 Å². The Labute approximate surface area is 434 Å². The fraction of sp³-hybridized carbons (Fsp3) is 0.860. The van der Waals surface area contributed by atoms with E-state index in [-0.39, 0.29) is 19.4 Å². The molecular weight excluding hydrogens is 925 g/mol. The lowest BCUT2D eigenvalue weighted by molar-refractivity contribution is -0.332. The van der Waals surface area contributed by atoms with Gasteiger partial charge in [-0.25, -0.2) is 0 Å². The summed E-state index contributed by atoms with van der Waals surface area (Å²) in [7, 11) is 0. The maximum atomic E-state index is 13.0. The monoisotopic (exact) mass is 1030 g/mol. The lowest BCUT2D eigenvalue weighted by Gasteiger charge is -2.42. The van der Waals surface area contributed by atoms with Gasteiger partial charge in [-0.3, -0.25) is 9.59 Å². The molecule has 15 nitrogen and oxygen atoms in total. The highest BCUT2D eigenvalue weighted by atomic mass is 16.7. The van der Waals surface area contributed by atoms with Gasteiger partial charge in [-0.2, -0.15) is 0 Å². The van der Waals surface area contributed by atoms with Crippen LogP contribution < -0.4 is 0 Å². The zero-order chi connectivity index (χ0) is 52.4. The molecule has 0 bridgehead atoms. The first kappa shape index (κ1) is 65.8. The van der Waals surface area contributed by atoms with Crippen molar-refractivity contribution in [1.82, 2.24) is 0 Å². The van der Waals surface area contributed by atoms with E-state index in [2.05, 4.69) is 50.3 Å². The quantitative estimate of drug-likeness (QED) is 0.0171. The van der Waals surface area contributed by atoms with Crippen molar-refractivity contribution in [3.8, 4) is 0 Å². The van der Waals surface area contributed by atoms with Gasteiger partial charge >= 0.3 is 11.9 Å². The van der Waals surface area contributed by atoms with Crippen LogP contribution in [0.4, 0.5) is 0 Å². The van der Waals surface area contributed by atoms with Crippen molar-refractivity contribution in [1.29, 1.82) is 0 Å². The van der Waals surface area contributed by atoms with Gasteiger partial charge in [-0.1, -0.05) is 198 Å². The van der Waals surface area contributed by atoms with Crippen LogP contribution in [-0.2, 0) is 38.0 Å². The van der Waals surface area contributed by atoms with Gasteiger partial charge < -0.3 is 64.2 Å². The molecule has 0 aromatic heterocycles. The summed E-state index contributed by atoms with van der Waals surface area (Å²) in [4.78, 5) is 25.8. The van der Waals surface area contributed by atoms with Crippen LogP contribution in [0.25, 0.3) is 0 Å². The van der Waals surface area contributed by atoms with Crippen molar-refractivity contribution in [2.45, 2.75) is 287 Å².